The van der Waals surface area contributed by atoms with Gasteiger partial charge in [0, 0.05) is 0 Å². The molecule has 1 aliphatic carbocycles. The number of carbonyl (C=O) groups is 1. The Morgan fingerprint density at radius 1 is 1.53 bits per heavy atom. The van der Waals surface area contributed by atoms with Gasteiger partial charge in [-0.2, -0.15) is 0 Å². The molecule has 1 fully saturated rings. The number of rotatable bonds is 1. The third-order valence-electron chi connectivity index (χ3n) is 3.58. The third kappa shape index (κ3) is 1.41. The average molecular weight is 237 g/mol. The van der Waals surface area contributed by atoms with Crippen molar-refractivity contribution in [3.05, 3.63) is 29.1 Å². The number of carbonyl (C=O) groups excluding carboxylic acids is 1. The van der Waals surface area contributed by atoms with Crippen LogP contribution in [0.1, 0.15) is 35.2 Å². The lowest BCUT2D eigenvalue weighted by Gasteiger charge is -2.37. The molecule has 0 saturated heterocycles. The quantitative estimate of drug-likeness (QED) is 0.568. The summed E-state index contributed by atoms with van der Waals surface area (Å²) in [6.07, 6.45) is 0.600. The normalized spacial score (nSPS) is 27.8. The molecule has 0 bridgehead atoms. The zero-order valence-corrected chi connectivity index (χ0v) is 9.18. The molecule has 6 heteroatoms. The summed E-state index contributed by atoms with van der Waals surface area (Å²) in [6, 6.07) is 2.77. The summed E-state index contributed by atoms with van der Waals surface area (Å²) in [6.45, 7) is -1.74. The van der Waals surface area contributed by atoms with E-state index in [-0.39, 0.29) is 23.0 Å². The summed E-state index contributed by atoms with van der Waals surface area (Å²) in [5.41, 5.74) is 0.504. The van der Waals surface area contributed by atoms with Crippen LogP contribution in [0.2, 0.25) is 5.82 Å². The van der Waals surface area contributed by atoms with Gasteiger partial charge in [-0.15, -0.1) is 0 Å². The van der Waals surface area contributed by atoms with Crippen molar-refractivity contribution in [1.29, 1.82) is 0 Å². The highest BCUT2D eigenvalue weighted by atomic mass is 19.1. The van der Waals surface area contributed by atoms with Gasteiger partial charge in [0.05, 0.1) is 11.3 Å². The van der Waals surface area contributed by atoms with E-state index in [0.717, 1.165) is 0 Å². The lowest BCUT2D eigenvalue weighted by molar-refractivity contribution is 0.101. The molecule has 17 heavy (non-hydrogen) atoms. The van der Waals surface area contributed by atoms with Crippen LogP contribution in [0.5, 0.6) is 5.75 Å². The van der Waals surface area contributed by atoms with Gasteiger partial charge in [0.2, 0.25) is 0 Å². The SMILES string of the molecule is CC(=O)c1c(F)ccc2c1O[B-](O)(O)[C@@H]1C[C@H]21. The van der Waals surface area contributed by atoms with Gasteiger partial charge in [-0.25, -0.2) is 4.39 Å². The standard InChI is InChI=1S/C11H11BFO4/c1-5(14)10-9(13)3-2-6-7-4-8(7)12(15,16)17-11(6)10/h2-3,7-8,15-16H,4H2,1H3/q-1/t7-,8-/m1/s1. The second-order valence-electron chi connectivity index (χ2n) is 4.78. The van der Waals surface area contributed by atoms with Crippen molar-refractivity contribution in [2.75, 3.05) is 0 Å². The summed E-state index contributed by atoms with van der Waals surface area (Å²) in [7, 11) is 0. The van der Waals surface area contributed by atoms with Crippen molar-refractivity contribution in [2.24, 2.45) is 0 Å². The van der Waals surface area contributed by atoms with E-state index >= 15 is 0 Å². The van der Waals surface area contributed by atoms with Crippen molar-refractivity contribution >= 4 is 12.5 Å². The maximum atomic E-state index is 13.6. The van der Waals surface area contributed by atoms with Gasteiger partial charge in [0.1, 0.15) is 5.82 Å². The molecular weight excluding hydrogens is 226 g/mol. The van der Waals surface area contributed by atoms with Crippen LogP contribution in [0.4, 0.5) is 4.39 Å². The predicted molar refractivity (Wildman–Crippen MR) is 58.3 cm³/mol. The summed E-state index contributed by atoms with van der Waals surface area (Å²) in [5, 5.41) is 19.4. The maximum absolute atomic E-state index is 13.6. The van der Waals surface area contributed by atoms with E-state index in [9.17, 15) is 19.2 Å². The van der Waals surface area contributed by atoms with Crippen LogP contribution in [0, 0.1) is 5.82 Å². The predicted octanol–water partition coefficient (Wildman–Crippen LogP) is 1.20. The highest BCUT2D eigenvalue weighted by molar-refractivity contribution is 6.62. The Balaban J connectivity index is 2.21. The van der Waals surface area contributed by atoms with E-state index in [1.807, 2.05) is 0 Å². The first kappa shape index (κ1) is 10.7. The smallest absolute Gasteiger partial charge is 0.434 e. The molecular formula is C11H11BFO4-. The fourth-order valence-electron chi connectivity index (χ4n) is 2.63. The van der Waals surface area contributed by atoms with Crippen molar-refractivity contribution in [3.63, 3.8) is 0 Å². The second-order valence-corrected chi connectivity index (χ2v) is 4.78. The van der Waals surface area contributed by atoms with E-state index < -0.39 is 18.4 Å². The van der Waals surface area contributed by atoms with Gasteiger partial charge in [0.15, 0.2) is 5.78 Å². The minimum atomic E-state index is -2.97. The maximum Gasteiger partial charge on any atom is 0.434 e. The largest absolute Gasteiger partial charge is 0.669 e. The second kappa shape index (κ2) is 3.08. The third-order valence-corrected chi connectivity index (χ3v) is 3.58. The molecule has 1 heterocycles. The summed E-state index contributed by atoms with van der Waals surface area (Å²) in [4.78, 5) is 11.4. The van der Waals surface area contributed by atoms with E-state index in [4.69, 9.17) is 4.65 Å². The lowest BCUT2D eigenvalue weighted by Crippen LogP contribution is -2.45. The minimum Gasteiger partial charge on any atom is -0.669 e. The molecule has 90 valence electrons. The monoisotopic (exact) mass is 237 g/mol. The molecule has 0 aromatic heterocycles. The first-order chi connectivity index (χ1) is 7.92. The summed E-state index contributed by atoms with van der Waals surface area (Å²) in [5.74, 6) is -1.53. The zero-order valence-electron chi connectivity index (χ0n) is 9.18. The molecule has 1 aliphatic heterocycles. The minimum absolute atomic E-state index is 0.00116. The Labute approximate surface area is 97.0 Å². The molecule has 0 amide bonds. The molecule has 3 rings (SSSR count). The molecule has 0 unspecified atom stereocenters. The molecule has 1 saturated carbocycles. The molecule has 1 aromatic carbocycles. The number of hydrogen-bond acceptors (Lipinski definition) is 4. The number of benzene rings is 1. The van der Waals surface area contributed by atoms with Gasteiger partial charge in [-0.1, -0.05) is 18.3 Å². The van der Waals surface area contributed by atoms with Gasteiger partial charge in [-0.3, -0.25) is 4.79 Å². The zero-order chi connectivity index (χ0) is 12.4. The van der Waals surface area contributed by atoms with Crippen molar-refractivity contribution < 1.29 is 23.9 Å². The van der Waals surface area contributed by atoms with Gasteiger partial charge in [-0.05, 0) is 24.5 Å². The van der Waals surface area contributed by atoms with Crippen molar-refractivity contribution in [1.82, 2.24) is 0 Å². The molecule has 0 spiro atoms. The van der Waals surface area contributed by atoms with Crippen LogP contribution in [0.3, 0.4) is 0 Å². The van der Waals surface area contributed by atoms with Crippen LogP contribution >= 0.6 is 0 Å². The lowest BCUT2D eigenvalue weighted by atomic mass is 9.68. The molecule has 2 N–H and O–H groups in total. The summed E-state index contributed by atoms with van der Waals surface area (Å²) >= 11 is 0. The molecule has 2 atom stereocenters. The number of halogens is 1. The van der Waals surface area contributed by atoms with Crippen molar-refractivity contribution in [2.45, 2.75) is 25.1 Å². The number of fused-ring (bicyclic) bond motifs is 3. The highest BCUT2D eigenvalue weighted by Crippen LogP contribution is 2.62. The number of ketones is 1. The Morgan fingerprint density at radius 3 is 2.88 bits per heavy atom. The van der Waals surface area contributed by atoms with Crippen LogP contribution < -0.4 is 4.65 Å². The topological polar surface area (TPSA) is 66.8 Å². The fourth-order valence-corrected chi connectivity index (χ4v) is 2.63. The Hall–Kier alpha value is -1.40. The highest BCUT2D eigenvalue weighted by Gasteiger charge is 2.55. The van der Waals surface area contributed by atoms with E-state index in [2.05, 4.69) is 0 Å². The van der Waals surface area contributed by atoms with E-state index in [1.54, 1.807) is 6.07 Å². The Morgan fingerprint density at radius 2 is 2.24 bits per heavy atom. The first-order valence-corrected chi connectivity index (χ1v) is 5.53. The van der Waals surface area contributed by atoms with Gasteiger partial charge >= 0.3 is 6.75 Å². The fraction of sp³-hybridized carbons (Fsp3) is 0.364. The van der Waals surface area contributed by atoms with Crippen LogP contribution in [0.25, 0.3) is 0 Å². The number of hydrogen-bond donors (Lipinski definition) is 2. The van der Waals surface area contributed by atoms with Crippen LogP contribution in [0.15, 0.2) is 12.1 Å². The summed E-state index contributed by atoms with van der Waals surface area (Å²) < 4.78 is 18.6. The Bertz CT molecular complexity index is 528. The van der Waals surface area contributed by atoms with Crippen LogP contribution in [-0.4, -0.2) is 22.6 Å². The Kier molecular flexibility index (Phi) is 1.95. The molecule has 2 aliphatic rings. The van der Waals surface area contributed by atoms with Gasteiger partial charge in [0.25, 0.3) is 0 Å². The van der Waals surface area contributed by atoms with E-state index in [0.29, 0.717) is 12.0 Å². The first-order valence-electron chi connectivity index (χ1n) is 5.53. The molecule has 0 radical (unpaired) electrons. The van der Waals surface area contributed by atoms with Crippen LogP contribution in [-0.2, 0) is 0 Å². The van der Waals surface area contributed by atoms with E-state index in [1.165, 1.54) is 13.0 Å². The molecule has 1 aromatic rings. The molecule has 4 nitrogen and oxygen atoms in total. The van der Waals surface area contributed by atoms with Gasteiger partial charge < -0.3 is 14.7 Å². The van der Waals surface area contributed by atoms with Crippen molar-refractivity contribution in [3.8, 4) is 5.75 Å². The number of Topliss-reactive ketones (excluding diaryl/α,β-unsaturated/α-hetero) is 1. The average Bonchev–Trinajstić information content (AvgIpc) is 2.96.